The Labute approximate surface area is 121 Å². The van der Waals surface area contributed by atoms with Gasteiger partial charge in [-0.25, -0.2) is 9.18 Å². The summed E-state index contributed by atoms with van der Waals surface area (Å²) in [6, 6.07) is 3.14. The number of carbonyl (C=O) groups excluding carboxylic acids is 1. The van der Waals surface area contributed by atoms with Gasteiger partial charge in [0.2, 0.25) is 0 Å². The number of hydrogen-bond donors (Lipinski definition) is 1. The second-order valence-electron chi connectivity index (χ2n) is 4.04. The second kappa shape index (κ2) is 7.28. The summed E-state index contributed by atoms with van der Waals surface area (Å²) in [5.74, 6) is -0.608. The maximum Gasteiger partial charge on any atom is 0.333 e. The fraction of sp³-hybridized carbons (Fsp3) is 0.357. The average Bonchev–Trinajstić information content (AvgIpc) is 2.39. The van der Waals surface area contributed by atoms with E-state index in [1.807, 2.05) is 13.8 Å². The molecule has 0 saturated heterocycles. The van der Waals surface area contributed by atoms with Crippen LogP contribution in [0.25, 0.3) is 0 Å². The van der Waals surface area contributed by atoms with Crippen LogP contribution in [0.1, 0.15) is 18.9 Å². The molecule has 0 aliphatic rings. The highest BCUT2D eigenvalue weighted by atomic mass is 79.9. The van der Waals surface area contributed by atoms with Gasteiger partial charge in [0.05, 0.1) is 11.6 Å². The fourth-order valence-electron chi connectivity index (χ4n) is 1.62. The van der Waals surface area contributed by atoms with Crippen LogP contribution in [0.3, 0.4) is 0 Å². The van der Waals surface area contributed by atoms with Crippen molar-refractivity contribution in [3.8, 4) is 0 Å². The minimum Gasteiger partial charge on any atom is -0.466 e. The quantitative estimate of drug-likeness (QED) is 0.659. The molecule has 1 rings (SSSR count). The lowest BCUT2D eigenvalue weighted by Gasteiger charge is -2.09. The van der Waals surface area contributed by atoms with Crippen molar-refractivity contribution in [2.45, 2.75) is 20.3 Å². The molecule has 1 aromatic carbocycles. The molecule has 1 aromatic rings. The van der Waals surface area contributed by atoms with E-state index in [1.165, 1.54) is 13.2 Å². The molecule has 19 heavy (non-hydrogen) atoms. The number of esters is 1. The van der Waals surface area contributed by atoms with E-state index in [2.05, 4.69) is 26.0 Å². The Morgan fingerprint density at radius 2 is 2.21 bits per heavy atom. The van der Waals surface area contributed by atoms with Crippen LogP contribution in [-0.4, -0.2) is 19.6 Å². The summed E-state index contributed by atoms with van der Waals surface area (Å²) >= 11 is 3.14. The zero-order valence-electron chi connectivity index (χ0n) is 11.2. The van der Waals surface area contributed by atoms with Crippen LogP contribution in [0, 0.1) is 12.7 Å². The molecule has 5 heteroatoms. The van der Waals surface area contributed by atoms with Crippen molar-refractivity contribution < 1.29 is 13.9 Å². The monoisotopic (exact) mass is 329 g/mol. The van der Waals surface area contributed by atoms with Crippen molar-refractivity contribution >= 4 is 27.6 Å². The van der Waals surface area contributed by atoms with Crippen LogP contribution < -0.4 is 5.32 Å². The number of benzene rings is 1. The van der Waals surface area contributed by atoms with Gasteiger partial charge in [0.15, 0.2) is 0 Å². The first-order valence-electron chi connectivity index (χ1n) is 5.96. The SMILES string of the molecule is CC/C(=C/CNc1cc(Br)c(F)cc1C)C(=O)OC. The lowest BCUT2D eigenvalue weighted by atomic mass is 10.1. The molecule has 104 valence electrons. The third-order valence-corrected chi connectivity index (χ3v) is 3.34. The van der Waals surface area contributed by atoms with Crippen LogP contribution in [-0.2, 0) is 9.53 Å². The van der Waals surface area contributed by atoms with E-state index in [0.717, 1.165) is 11.3 Å². The lowest BCUT2D eigenvalue weighted by Crippen LogP contribution is -2.08. The zero-order valence-corrected chi connectivity index (χ0v) is 12.8. The van der Waals surface area contributed by atoms with Crippen molar-refractivity contribution in [1.82, 2.24) is 0 Å². The van der Waals surface area contributed by atoms with Crippen molar-refractivity contribution in [3.05, 3.63) is 39.6 Å². The molecular formula is C14H17BrFNO2. The highest BCUT2D eigenvalue weighted by Gasteiger charge is 2.07. The van der Waals surface area contributed by atoms with Gasteiger partial charge in [-0.3, -0.25) is 0 Å². The lowest BCUT2D eigenvalue weighted by molar-refractivity contribution is -0.136. The van der Waals surface area contributed by atoms with Gasteiger partial charge in [0.1, 0.15) is 5.82 Å². The Bertz CT molecular complexity index is 500. The van der Waals surface area contributed by atoms with E-state index < -0.39 is 0 Å². The number of aryl methyl sites for hydroxylation is 1. The van der Waals surface area contributed by atoms with Crippen LogP contribution in [0.5, 0.6) is 0 Å². The summed E-state index contributed by atoms with van der Waals surface area (Å²) in [7, 11) is 1.36. The predicted octanol–water partition coefficient (Wildman–Crippen LogP) is 3.82. The second-order valence-corrected chi connectivity index (χ2v) is 4.89. The van der Waals surface area contributed by atoms with E-state index in [0.29, 0.717) is 23.0 Å². The highest BCUT2D eigenvalue weighted by Crippen LogP contribution is 2.24. The minimum atomic E-state index is -0.318. The minimum absolute atomic E-state index is 0.289. The molecule has 0 heterocycles. The van der Waals surface area contributed by atoms with Crippen LogP contribution >= 0.6 is 15.9 Å². The molecule has 0 bridgehead atoms. The summed E-state index contributed by atoms with van der Waals surface area (Å²) in [5.41, 5.74) is 2.25. The molecule has 0 unspecified atom stereocenters. The number of methoxy groups -OCH3 is 1. The Morgan fingerprint density at radius 3 is 2.79 bits per heavy atom. The van der Waals surface area contributed by atoms with Crippen molar-refractivity contribution in [2.75, 3.05) is 19.0 Å². The van der Waals surface area contributed by atoms with E-state index in [1.54, 1.807) is 12.1 Å². The molecule has 3 nitrogen and oxygen atoms in total. The average molecular weight is 330 g/mol. The zero-order chi connectivity index (χ0) is 14.4. The predicted molar refractivity (Wildman–Crippen MR) is 77.7 cm³/mol. The van der Waals surface area contributed by atoms with Gasteiger partial charge in [0, 0.05) is 17.8 Å². The molecule has 0 amide bonds. The number of carbonyl (C=O) groups is 1. The fourth-order valence-corrected chi connectivity index (χ4v) is 1.97. The maximum atomic E-state index is 13.3. The normalized spacial score (nSPS) is 11.3. The smallest absolute Gasteiger partial charge is 0.333 e. The van der Waals surface area contributed by atoms with E-state index in [-0.39, 0.29) is 11.8 Å². The molecule has 0 fully saturated rings. The summed E-state index contributed by atoms with van der Waals surface area (Å²) in [5, 5.41) is 3.14. The number of halogens is 2. The molecule has 0 saturated carbocycles. The summed E-state index contributed by atoms with van der Waals surface area (Å²) in [6.45, 7) is 4.20. The van der Waals surface area contributed by atoms with Crippen LogP contribution in [0.2, 0.25) is 0 Å². The topological polar surface area (TPSA) is 38.3 Å². The first-order valence-corrected chi connectivity index (χ1v) is 6.75. The molecule has 0 aromatic heterocycles. The maximum absolute atomic E-state index is 13.3. The van der Waals surface area contributed by atoms with Gasteiger partial charge in [-0.15, -0.1) is 0 Å². The van der Waals surface area contributed by atoms with Gasteiger partial charge in [-0.1, -0.05) is 13.0 Å². The Hall–Kier alpha value is -1.36. The van der Waals surface area contributed by atoms with Gasteiger partial charge in [-0.05, 0) is 47.0 Å². The van der Waals surface area contributed by atoms with E-state index in [9.17, 15) is 9.18 Å². The highest BCUT2D eigenvalue weighted by molar-refractivity contribution is 9.10. The van der Waals surface area contributed by atoms with Gasteiger partial charge in [0.25, 0.3) is 0 Å². The molecule has 0 aliphatic heterocycles. The Balaban J connectivity index is 2.74. The largest absolute Gasteiger partial charge is 0.466 e. The first-order chi connectivity index (χ1) is 8.99. The first kappa shape index (κ1) is 15.7. The molecule has 0 atom stereocenters. The third kappa shape index (κ3) is 4.35. The van der Waals surface area contributed by atoms with Crippen LogP contribution in [0.15, 0.2) is 28.3 Å². The third-order valence-electron chi connectivity index (χ3n) is 2.74. The van der Waals surface area contributed by atoms with Crippen molar-refractivity contribution in [1.29, 1.82) is 0 Å². The van der Waals surface area contributed by atoms with Crippen LogP contribution in [0.4, 0.5) is 10.1 Å². The van der Waals surface area contributed by atoms with Crippen molar-refractivity contribution in [3.63, 3.8) is 0 Å². The van der Waals surface area contributed by atoms with E-state index in [4.69, 9.17) is 0 Å². The van der Waals surface area contributed by atoms with Gasteiger partial charge >= 0.3 is 5.97 Å². The van der Waals surface area contributed by atoms with Gasteiger partial charge < -0.3 is 10.1 Å². The standard InChI is InChI=1S/C14H17BrFNO2/c1-4-10(14(18)19-3)5-6-17-13-8-11(15)12(16)7-9(13)2/h5,7-8,17H,4,6H2,1-3H3/b10-5-. The number of nitrogens with one attached hydrogen (secondary N) is 1. The van der Waals surface area contributed by atoms with Crippen molar-refractivity contribution in [2.24, 2.45) is 0 Å². The number of ether oxygens (including phenoxy) is 1. The number of hydrogen-bond acceptors (Lipinski definition) is 3. The Morgan fingerprint density at radius 1 is 1.53 bits per heavy atom. The summed E-state index contributed by atoms with van der Waals surface area (Å²) < 4.78 is 18.4. The Kier molecular flexibility index (Phi) is 6.02. The molecule has 0 aliphatic carbocycles. The molecular weight excluding hydrogens is 313 g/mol. The number of rotatable bonds is 5. The molecule has 0 spiro atoms. The van der Waals surface area contributed by atoms with Gasteiger partial charge in [-0.2, -0.15) is 0 Å². The molecule has 0 radical (unpaired) electrons. The van der Waals surface area contributed by atoms with E-state index >= 15 is 0 Å². The summed E-state index contributed by atoms with van der Waals surface area (Å²) in [6.07, 6.45) is 2.39. The summed E-state index contributed by atoms with van der Waals surface area (Å²) in [4.78, 5) is 11.4. The number of anilines is 1. The molecule has 1 N–H and O–H groups in total.